The molecule has 36 heavy (non-hydrogen) atoms. The van der Waals surface area contributed by atoms with Crippen LogP contribution in [0.5, 0.6) is 17.2 Å². The summed E-state index contributed by atoms with van der Waals surface area (Å²) in [5.41, 5.74) is 11.3. The Kier molecular flexibility index (Phi) is 5.98. The van der Waals surface area contributed by atoms with Gasteiger partial charge in [0.05, 0.1) is 17.6 Å². The molecule has 1 aliphatic heterocycles. The molecule has 1 saturated heterocycles. The van der Waals surface area contributed by atoms with Crippen molar-refractivity contribution in [3.05, 3.63) is 77.1 Å². The van der Waals surface area contributed by atoms with Crippen LogP contribution in [-0.2, 0) is 24.9 Å². The van der Waals surface area contributed by atoms with Gasteiger partial charge < -0.3 is 19.8 Å². The molecule has 9 heteroatoms. The number of amides is 2. The van der Waals surface area contributed by atoms with Crippen LogP contribution >= 0.6 is 11.8 Å². The number of carbonyl (C=O) groups is 2. The number of rotatable bonds is 7. The molecular weight excluding hydrogens is 476 g/mol. The van der Waals surface area contributed by atoms with E-state index < -0.39 is 16.4 Å². The fourth-order valence-corrected chi connectivity index (χ4v) is 4.79. The Balaban J connectivity index is 1.26. The van der Waals surface area contributed by atoms with Crippen LogP contribution in [0, 0.1) is 13.8 Å². The molecule has 0 bridgehead atoms. The predicted octanol–water partition coefficient (Wildman–Crippen LogP) is 5.04. The van der Waals surface area contributed by atoms with Gasteiger partial charge in [-0.1, -0.05) is 23.9 Å². The molecule has 5 rings (SSSR count). The van der Waals surface area contributed by atoms with E-state index in [4.69, 9.17) is 16.6 Å². The second-order valence-electron chi connectivity index (χ2n) is 8.69. The summed E-state index contributed by atoms with van der Waals surface area (Å²) in [7, 11) is 1.93. The molecule has 0 radical (unpaired) electrons. The number of imidazole rings is 1. The Labute approximate surface area is 214 Å². The maximum atomic E-state index is 11.9. The van der Waals surface area contributed by atoms with Crippen molar-refractivity contribution in [2.45, 2.75) is 32.1 Å². The van der Waals surface area contributed by atoms with E-state index in [1.54, 1.807) is 24.3 Å². The summed E-state index contributed by atoms with van der Waals surface area (Å²) >= 11 is 0.700. The van der Waals surface area contributed by atoms with E-state index >= 15 is 0 Å². The van der Waals surface area contributed by atoms with E-state index in [2.05, 4.69) is 10.3 Å². The summed E-state index contributed by atoms with van der Waals surface area (Å²) in [5, 5.41) is 0.136. The molecule has 3 aromatic carbocycles. The quantitative estimate of drug-likeness (QED) is 0.340. The summed E-state index contributed by atoms with van der Waals surface area (Å²) in [6, 6.07) is 16.7. The fraction of sp³-hybridized carbons (Fsp3) is 0.222. The van der Waals surface area contributed by atoms with Crippen LogP contribution in [0.4, 0.5) is 10.5 Å². The van der Waals surface area contributed by atoms with Gasteiger partial charge in [-0.15, -0.1) is 0 Å². The highest BCUT2D eigenvalue weighted by molar-refractivity contribution is 8.15. The van der Waals surface area contributed by atoms with Crippen molar-refractivity contribution in [1.82, 2.24) is 14.9 Å². The maximum Gasteiger partial charge on any atom is 0.286 e. The van der Waals surface area contributed by atoms with Gasteiger partial charge in [0, 0.05) is 18.8 Å². The van der Waals surface area contributed by atoms with E-state index in [-0.39, 0.29) is 13.0 Å². The van der Waals surface area contributed by atoms with Crippen LogP contribution in [-0.4, -0.2) is 25.9 Å². The lowest BCUT2D eigenvalue weighted by atomic mass is 10.1. The van der Waals surface area contributed by atoms with Gasteiger partial charge in [0.25, 0.3) is 5.24 Å². The van der Waals surface area contributed by atoms with Gasteiger partial charge in [-0.05, 0) is 73.4 Å². The number of nitrogens with two attached hydrogens (primary N) is 1. The SMILES string of the molecule is [2H]C1(Cc2ccc(OCc3nc4ccc(Oc5cc(C)c(N)c(C)c5)cc4n3C)cc2)SC(=O)NC1=O. The number of nitrogen functional groups attached to an aromatic ring is 1. The minimum absolute atomic E-state index is 0.125. The van der Waals surface area contributed by atoms with Crippen molar-refractivity contribution in [2.75, 3.05) is 5.73 Å². The maximum absolute atomic E-state index is 11.9. The molecule has 1 fully saturated rings. The third-order valence-electron chi connectivity index (χ3n) is 6.09. The van der Waals surface area contributed by atoms with Gasteiger partial charge in [-0.3, -0.25) is 14.9 Å². The Morgan fingerprint density at radius 1 is 1.06 bits per heavy atom. The molecule has 1 unspecified atom stereocenters. The first-order valence-corrected chi connectivity index (χ1v) is 12.2. The van der Waals surface area contributed by atoms with Crippen LogP contribution in [0.2, 0.25) is 0 Å². The zero-order chi connectivity index (χ0) is 26.3. The number of nitrogens with one attached hydrogen (secondary N) is 1. The van der Waals surface area contributed by atoms with Crippen molar-refractivity contribution < 1.29 is 20.4 Å². The lowest BCUT2D eigenvalue weighted by molar-refractivity contribution is -0.118. The number of fused-ring (bicyclic) bond motifs is 1. The van der Waals surface area contributed by atoms with Crippen LogP contribution < -0.4 is 20.5 Å². The molecule has 8 nitrogen and oxygen atoms in total. The summed E-state index contributed by atoms with van der Waals surface area (Å²) in [6.07, 6.45) is 0.125. The van der Waals surface area contributed by atoms with E-state index in [9.17, 15) is 9.59 Å². The van der Waals surface area contributed by atoms with Gasteiger partial charge in [0.2, 0.25) is 5.91 Å². The molecular formula is C27H26N4O4S. The number of thioether (sulfide) groups is 1. The number of nitrogens with zero attached hydrogens (tertiary/aromatic N) is 2. The third kappa shape index (κ3) is 4.87. The number of ether oxygens (including phenoxy) is 2. The van der Waals surface area contributed by atoms with Gasteiger partial charge in [-0.25, -0.2) is 4.98 Å². The molecule has 1 atom stereocenters. The van der Waals surface area contributed by atoms with E-state index in [1.165, 1.54) is 0 Å². The number of aromatic nitrogens is 2. The highest BCUT2D eigenvalue weighted by Crippen LogP contribution is 2.30. The van der Waals surface area contributed by atoms with Crippen LogP contribution in [0.15, 0.2) is 54.6 Å². The number of carbonyl (C=O) groups excluding carboxylic acids is 2. The van der Waals surface area contributed by atoms with Crippen molar-refractivity contribution in [2.24, 2.45) is 7.05 Å². The van der Waals surface area contributed by atoms with Gasteiger partial charge >= 0.3 is 0 Å². The average molecular weight is 504 g/mol. The summed E-state index contributed by atoms with van der Waals surface area (Å²) < 4.78 is 22.3. The van der Waals surface area contributed by atoms with Crippen LogP contribution in [0.25, 0.3) is 11.0 Å². The first-order chi connectivity index (χ1) is 17.6. The van der Waals surface area contributed by atoms with Crippen molar-refractivity contribution in [1.29, 1.82) is 0 Å². The van der Waals surface area contributed by atoms with E-state index in [1.807, 2.05) is 55.8 Å². The topological polar surface area (TPSA) is 108 Å². The lowest BCUT2D eigenvalue weighted by Crippen LogP contribution is -2.25. The van der Waals surface area contributed by atoms with Crippen LogP contribution in [0.1, 0.15) is 23.9 Å². The minimum Gasteiger partial charge on any atom is -0.486 e. The molecule has 1 aliphatic rings. The highest BCUT2D eigenvalue weighted by Gasteiger charge is 2.31. The molecule has 184 valence electrons. The molecule has 3 N–H and O–H groups in total. The zero-order valence-electron chi connectivity index (χ0n) is 21.1. The molecule has 2 heterocycles. The standard InChI is InChI=1S/C27H26N4O4S/c1-15-10-20(11-16(2)25(15)28)35-19-8-9-21-22(13-19)31(3)24(29-21)14-34-18-6-4-17(5-7-18)12-23-26(32)30-27(33)36-23/h4-11,13,23H,12,14,28H2,1-3H3,(H,30,32,33)/i23D. The Morgan fingerprint density at radius 3 is 2.42 bits per heavy atom. The Morgan fingerprint density at radius 2 is 1.75 bits per heavy atom. The third-order valence-corrected chi connectivity index (χ3v) is 6.95. The molecule has 1 aromatic heterocycles. The van der Waals surface area contributed by atoms with Gasteiger partial charge in [-0.2, -0.15) is 0 Å². The number of aryl methyl sites for hydroxylation is 3. The first-order valence-electron chi connectivity index (χ1n) is 11.9. The smallest absolute Gasteiger partial charge is 0.286 e. The summed E-state index contributed by atoms with van der Waals surface area (Å²) in [4.78, 5) is 28.0. The number of hydrogen-bond donors (Lipinski definition) is 2. The van der Waals surface area contributed by atoms with Gasteiger partial charge in [0.1, 0.15) is 29.7 Å². The summed E-state index contributed by atoms with van der Waals surface area (Å²) in [5.74, 6) is 2.22. The van der Waals surface area contributed by atoms with Crippen molar-refractivity contribution in [3.63, 3.8) is 0 Å². The van der Waals surface area contributed by atoms with Crippen molar-refractivity contribution >= 4 is 39.6 Å². The second kappa shape index (κ2) is 9.58. The molecule has 4 aromatic rings. The number of anilines is 1. The highest BCUT2D eigenvalue weighted by atomic mass is 32.2. The number of benzene rings is 3. The average Bonchev–Trinajstić information content (AvgIpc) is 3.30. The van der Waals surface area contributed by atoms with Gasteiger partial charge in [0.15, 0.2) is 0 Å². The Hall–Kier alpha value is -3.98. The molecule has 0 spiro atoms. The van der Waals surface area contributed by atoms with E-state index in [0.29, 0.717) is 23.3 Å². The minimum atomic E-state index is -1.54. The second-order valence-corrected chi connectivity index (χ2v) is 9.75. The largest absolute Gasteiger partial charge is 0.486 e. The molecule has 0 aliphatic carbocycles. The first kappa shape index (κ1) is 22.5. The monoisotopic (exact) mass is 503 g/mol. The Bertz CT molecular complexity index is 1510. The zero-order valence-corrected chi connectivity index (χ0v) is 20.9. The van der Waals surface area contributed by atoms with Crippen LogP contribution in [0.3, 0.4) is 0 Å². The van der Waals surface area contributed by atoms with Crippen molar-refractivity contribution in [3.8, 4) is 17.2 Å². The number of hydrogen-bond acceptors (Lipinski definition) is 7. The molecule has 2 amide bonds. The number of imide groups is 1. The fourth-order valence-electron chi connectivity index (χ4n) is 4.04. The van der Waals surface area contributed by atoms with E-state index in [0.717, 1.165) is 45.0 Å². The predicted molar refractivity (Wildman–Crippen MR) is 141 cm³/mol. The lowest BCUT2D eigenvalue weighted by Gasteiger charge is -2.11. The summed E-state index contributed by atoms with van der Waals surface area (Å²) in [6.45, 7) is 4.17. The molecule has 0 saturated carbocycles. The normalized spacial score (nSPS) is 17.8.